The van der Waals surface area contributed by atoms with Crippen molar-refractivity contribution in [2.24, 2.45) is 0 Å². The van der Waals surface area contributed by atoms with Gasteiger partial charge in [-0.15, -0.1) is 0 Å². The van der Waals surface area contributed by atoms with Crippen molar-refractivity contribution in [1.29, 1.82) is 0 Å². The number of hydrogen-bond acceptors (Lipinski definition) is 5. The summed E-state index contributed by atoms with van der Waals surface area (Å²) in [4.78, 5) is 23.4. The number of carbonyl (C=O) groups excluding carboxylic acids is 1. The van der Waals surface area contributed by atoms with Gasteiger partial charge < -0.3 is 14.5 Å². The van der Waals surface area contributed by atoms with Gasteiger partial charge in [0.2, 0.25) is 0 Å². The summed E-state index contributed by atoms with van der Waals surface area (Å²) in [7, 11) is 1.76. The van der Waals surface area contributed by atoms with Crippen LogP contribution in [0.15, 0.2) is 42.5 Å². The van der Waals surface area contributed by atoms with Gasteiger partial charge in [-0.3, -0.25) is 14.7 Å². The molecule has 7 nitrogen and oxygen atoms in total. The van der Waals surface area contributed by atoms with E-state index in [9.17, 15) is 4.79 Å². The van der Waals surface area contributed by atoms with Gasteiger partial charge in [0.1, 0.15) is 6.04 Å². The monoisotopic (exact) mass is 510 g/mol. The Balaban J connectivity index is 1.42. The molecule has 3 heterocycles. The Hall–Kier alpha value is -2.58. The number of piperazine rings is 1. The molecule has 2 aliphatic rings. The molecule has 1 aromatic heterocycles. The van der Waals surface area contributed by atoms with Crippen LogP contribution in [0.1, 0.15) is 35.3 Å². The largest absolute Gasteiger partial charge is 0.450 e. The summed E-state index contributed by atoms with van der Waals surface area (Å²) in [6, 6.07) is 14.4. The van der Waals surface area contributed by atoms with Crippen molar-refractivity contribution in [2.75, 3.05) is 59.6 Å². The molecule has 1 saturated heterocycles. The van der Waals surface area contributed by atoms with Crippen molar-refractivity contribution >= 4 is 28.6 Å². The van der Waals surface area contributed by atoms with Crippen LogP contribution in [-0.4, -0.2) is 85.4 Å². The predicted molar refractivity (Wildman–Crippen MR) is 143 cm³/mol. The highest BCUT2D eigenvalue weighted by atomic mass is 35.5. The number of amides is 1. The van der Waals surface area contributed by atoms with Crippen LogP contribution >= 0.6 is 11.6 Å². The average molecular weight is 511 g/mol. The highest BCUT2D eigenvalue weighted by Crippen LogP contribution is 2.39. The third-order valence-electron chi connectivity index (χ3n) is 7.34. The predicted octanol–water partition coefficient (Wildman–Crippen LogP) is 4.69. The molecular formula is C28H35ClN4O3. The van der Waals surface area contributed by atoms with Gasteiger partial charge in [0.05, 0.1) is 13.2 Å². The first kappa shape index (κ1) is 25.1. The van der Waals surface area contributed by atoms with Crippen molar-refractivity contribution in [3.63, 3.8) is 0 Å². The van der Waals surface area contributed by atoms with Gasteiger partial charge in [-0.1, -0.05) is 35.9 Å². The number of fused-ring (bicyclic) bond motifs is 3. The summed E-state index contributed by atoms with van der Waals surface area (Å²) in [6.07, 6.45) is 0.486. The second kappa shape index (κ2) is 11.2. The van der Waals surface area contributed by atoms with Crippen molar-refractivity contribution in [3.8, 4) is 0 Å². The standard InChI is InChI=1S/C28H35ClN4O3/c1-3-36-28(34)33-10-9-23-24-18-22(29)7-8-25(24)30-26(23)27(33)21-6-4-5-20(17-21)19-32-13-11-31(12-14-32)15-16-35-2/h4-8,17-18,27,30H,3,9-16,19H2,1-2H3. The number of rotatable bonds is 7. The molecular weight excluding hydrogens is 476 g/mol. The number of aromatic nitrogens is 1. The summed E-state index contributed by atoms with van der Waals surface area (Å²) in [5.41, 5.74) is 5.68. The van der Waals surface area contributed by atoms with E-state index in [1.54, 1.807) is 7.11 Å². The molecule has 0 saturated carbocycles. The lowest BCUT2D eigenvalue weighted by Gasteiger charge is -2.36. The van der Waals surface area contributed by atoms with E-state index in [0.717, 1.165) is 79.5 Å². The molecule has 3 aromatic rings. The number of H-pyrrole nitrogens is 1. The Kier molecular flexibility index (Phi) is 7.82. The van der Waals surface area contributed by atoms with E-state index in [4.69, 9.17) is 21.1 Å². The van der Waals surface area contributed by atoms with Crippen molar-refractivity contribution < 1.29 is 14.3 Å². The molecule has 0 radical (unpaired) electrons. The Morgan fingerprint density at radius 2 is 1.89 bits per heavy atom. The molecule has 192 valence electrons. The maximum Gasteiger partial charge on any atom is 0.410 e. The highest BCUT2D eigenvalue weighted by molar-refractivity contribution is 6.31. The molecule has 36 heavy (non-hydrogen) atoms. The van der Waals surface area contributed by atoms with E-state index in [1.165, 1.54) is 11.1 Å². The molecule has 0 spiro atoms. The molecule has 1 atom stereocenters. The number of carbonyl (C=O) groups is 1. The summed E-state index contributed by atoms with van der Waals surface area (Å²) < 4.78 is 10.7. The Morgan fingerprint density at radius 3 is 2.67 bits per heavy atom. The van der Waals surface area contributed by atoms with Crippen LogP contribution in [0.3, 0.4) is 0 Å². The number of nitrogens with one attached hydrogen (secondary N) is 1. The lowest BCUT2D eigenvalue weighted by molar-refractivity contribution is 0.0925. The molecule has 1 unspecified atom stereocenters. The number of halogens is 1. The van der Waals surface area contributed by atoms with Crippen LogP contribution in [0.5, 0.6) is 0 Å². The number of benzene rings is 2. The van der Waals surface area contributed by atoms with Gasteiger partial charge in [0.25, 0.3) is 0 Å². The number of ether oxygens (including phenoxy) is 2. The molecule has 0 aliphatic carbocycles. The minimum absolute atomic E-state index is 0.232. The summed E-state index contributed by atoms with van der Waals surface area (Å²) in [5.74, 6) is 0. The van der Waals surface area contributed by atoms with E-state index >= 15 is 0 Å². The quantitative estimate of drug-likeness (QED) is 0.499. The fraction of sp³-hybridized carbons (Fsp3) is 0.464. The van der Waals surface area contributed by atoms with E-state index in [-0.39, 0.29) is 12.1 Å². The fourth-order valence-electron chi connectivity index (χ4n) is 5.52. The van der Waals surface area contributed by atoms with Crippen molar-refractivity contribution in [2.45, 2.75) is 25.9 Å². The van der Waals surface area contributed by atoms with Crippen LogP contribution in [0.2, 0.25) is 5.02 Å². The van der Waals surface area contributed by atoms with Gasteiger partial charge in [-0.2, -0.15) is 0 Å². The number of nitrogens with zero attached hydrogens (tertiary/aromatic N) is 3. The van der Waals surface area contributed by atoms with Crippen LogP contribution in [0.4, 0.5) is 4.79 Å². The first-order chi connectivity index (χ1) is 17.6. The van der Waals surface area contributed by atoms with E-state index in [1.807, 2.05) is 30.0 Å². The summed E-state index contributed by atoms with van der Waals surface area (Å²) in [6.45, 7) is 9.67. The van der Waals surface area contributed by atoms with E-state index in [2.05, 4.69) is 39.0 Å². The van der Waals surface area contributed by atoms with Crippen molar-refractivity contribution in [1.82, 2.24) is 19.7 Å². The zero-order valence-electron chi connectivity index (χ0n) is 21.1. The average Bonchev–Trinajstić information content (AvgIpc) is 3.26. The van der Waals surface area contributed by atoms with Gasteiger partial charge in [-0.05, 0) is 48.2 Å². The van der Waals surface area contributed by atoms with Crippen LogP contribution in [0, 0.1) is 0 Å². The van der Waals surface area contributed by atoms with Crippen LogP contribution < -0.4 is 0 Å². The topological polar surface area (TPSA) is 61.0 Å². The molecule has 1 fully saturated rings. The SMILES string of the molecule is CCOC(=O)N1CCc2c([nH]c3ccc(Cl)cc23)C1c1cccc(CN2CCN(CCOC)CC2)c1. The van der Waals surface area contributed by atoms with Crippen LogP contribution in [-0.2, 0) is 22.4 Å². The first-order valence-corrected chi connectivity index (χ1v) is 13.2. The normalized spacial score (nSPS) is 19.0. The Morgan fingerprint density at radius 1 is 1.08 bits per heavy atom. The molecule has 2 aliphatic heterocycles. The number of hydrogen-bond donors (Lipinski definition) is 1. The lowest BCUT2D eigenvalue weighted by atomic mass is 9.92. The molecule has 0 bridgehead atoms. The zero-order chi connectivity index (χ0) is 25.1. The Labute approximate surface area is 217 Å². The van der Waals surface area contributed by atoms with Gasteiger partial charge in [0, 0.05) is 74.5 Å². The maximum absolute atomic E-state index is 13.0. The molecule has 5 rings (SSSR count). The second-order valence-corrected chi connectivity index (χ2v) is 10.0. The maximum atomic E-state index is 13.0. The minimum Gasteiger partial charge on any atom is -0.450 e. The van der Waals surface area contributed by atoms with Gasteiger partial charge in [-0.25, -0.2) is 4.79 Å². The minimum atomic E-state index is -0.276. The fourth-order valence-corrected chi connectivity index (χ4v) is 5.69. The second-order valence-electron chi connectivity index (χ2n) is 9.61. The summed E-state index contributed by atoms with van der Waals surface area (Å²) in [5, 5.41) is 1.85. The third-order valence-corrected chi connectivity index (χ3v) is 7.58. The van der Waals surface area contributed by atoms with Crippen molar-refractivity contribution in [3.05, 3.63) is 69.9 Å². The first-order valence-electron chi connectivity index (χ1n) is 12.8. The molecule has 8 heteroatoms. The number of aromatic amines is 1. The molecule has 2 aromatic carbocycles. The van der Waals surface area contributed by atoms with Crippen LogP contribution in [0.25, 0.3) is 10.9 Å². The zero-order valence-corrected chi connectivity index (χ0v) is 21.9. The number of methoxy groups -OCH3 is 1. The van der Waals surface area contributed by atoms with E-state index < -0.39 is 0 Å². The Bertz CT molecular complexity index is 1200. The van der Waals surface area contributed by atoms with Gasteiger partial charge >= 0.3 is 6.09 Å². The highest BCUT2D eigenvalue weighted by Gasteiger charge is 2.35. The smallest absolute Gasteiger partial charge is 0.410 e. The summed E-state index contributed by atoms with van der Waals surface area (Å²) >= 11 is 6.33. The van der Waals surface area contributed by atoms with Gasteiger partial charge in [0.15, 0.2) is 0 Å². The molecule has 1 amide bonds. The lowest BCUT2D eigenvalue weighted by Crippen LogP contribution is -2.46. The van der Waals surface area contributed by atoms with E-state index in [0.29, 0.717) is 13.2 Å². The third kappa shape index (κ3) is 5.25. The molecule has 1 N–H and O–H groups in total.